The zero-order chi connectivity index (χ0) is 10.9. The van der Waals surface area contributed by atoms with E-state index in [4.69, 9.17) is 10.5 Å². The zero-order valence-electron chi connectivity index (χ0n) is 9.92. The highest BCUT2D eigenvalue weighted by molar-refractivity contribution is 7.99. The highest BCUT2D eigenvalue weighted by atomic mass is 32.2. The van der Waals surface area contributed by atoms with Gasteiger partial charge in [-0.05, 0) is 57.0 Å². The summed E-state index contributed by atoms with van der Waals surface area (Å²) in [6, 6.07) is 0. The van der Waals surface area contributed by atoms with Gasteiger partial charge in [0.25, 0.3) is 0 Å². The van der Waals surface area contributed by atoms with Crippen molar-refractivity contribution in [3.63, 3.8) is 0 Å². The smallest absolute Gasteiger partial charge is 0.0701 e. The Balaban J connectivity index is 2.02. The van der Waals surface area contributed by atoms with Crippen molar-refractivity contribution in [1.29, 1.82) is 0 Å². The molecule has 2 aliphatic heterocycles. The van der Waals surface area contributed by atoms with Crippen molar-refractivity contribution in [2.45, 2.75) is 50.7 Å². The summed E-state index contributed by atoms with van der Waals surface area (Å²) in [5.74, 6) is 3.16. The highest BCUT2D eigenvalue weighted by Crippen LogP contribution is 2.42. The Morgan fingerprint density at radius 1 is 1.33 bits per heavy atom. The molecule has 15 heavy (non-hydrogen) atoms. The van der Waals surface area contributed by atoms with Crippen LogP contribution in [0.5, 0.6) is 0 Å². The van der Waals surface area contributed by atoms with Crippen molar-refractivity contribution in [2.75, 3.05) is 18.1 Å². The van der Waals surface area contributed by atoms with Gasteiger partial charge in [0.15, 0.2) is 0 Å². The Bertz CT molecular complexity index is 213. The van der Waals surface area contributed by atoms with Crippen molar-refractivity contribution < 1.29 is 4.74 Å². The van der Waals surface area contributed by atoms with E-state index in [1.165, 1.54) is 30.8 Å². The van der Waals surface area contributed by atoms with E-state index in [0.717, 1.165) is 13.0 Å². The van der Waals surface area contributed by atoms with Crippen LogP contribution in [0.2, 0.25) is 0 Å². The first-order chi connectivity index (χ1) is 7.02. The van der Waals surface area contributed by atoms with Gasteiger partial charge in [0.1, 0.15) is 0 Å². The van der Waals surface area contributed by atoms with Crippen LogP contribution in [-0.4, -0.2) is 29.3 Å². The van der Waals surface area contributed by atoms with Gasteiger partial charge in [-0.15, -0.1) is 0 Å². The second kappa shape index (κ2) is 4.27. The molecule has 88 valence electrons. The standard InChI is InChI=1S/C12H23NOS/c1-11(2,13)10-3-6-14-12(9-10)4-7-15-8-5-12/h10H,3-9,13H2,1-2H3. The van der Waals surface area contributed by atoms with Gasteiger partial charge in [-0.2, -0.15) is 11.8 Å². The summed E-state index contributed by atoms with van der Waals surface area (Å²) < 4.78 is 6.06. The molecule has 0 aromatic carbocycles. The lowest BCUT2D eigenvalue weighted by Gasteiger charge is -2.46. The first-order valence-electron chi connectivity index (χ1n) is 6.02. The van der Waals surface area contributed by atoms with Crippen LogP contribution in [0.1, 0.15) is 39.5 Å². The van der Waals surface area contributed by atoms with Gasteiger partial charge < -0.3 is 10.5 Å². The number of ether oxygens (including phenoxy) is 1. The fraction of sp³-hybridized carbons (Fsp3) is 1.00. The molecular weight excluding hydrogens is 206 g/mol. The maximum atomic E-state index is 6.24. The fourth-order valence-corrected chi connectivity index (χ4v) is 3.99. The monoisotopic (exact) mass is 229 g/mol. The lowest BCUT2D eigenvalue weighted by molar-refractivity contribution is -0.111. The van der Waals surface area contributed by atoms with Crippen LogP contribution < -0.4 is 5.73 Å². The summed E-state index contributed by atoms with van der Waals surface area (Å²) in [4.78, 5) is 0. The SMILES string of the molecule is CC(C)(N)C1CCOC2(CCSCC2)C1. The van der Waals surface area contributed by atoms with E-state index in [1.54, 1.807) is 0 Å². The van der Waals surface area contributed by atoms with Gasteiger partial charge >= 0.3 is 0 Å². The predicted octanol–water partition coefficient (Wildman–Crippen LogP) is 2.42. The first-order valence-corrected chi connectivity index (χ1v) is 7.18. The number of nitrogens with two attached hydrogens (primary N) is 1. The van der Waals surface area contributed by atoms with E-state index in [2.05, 4.69) is 25.6 Å². The first kappa shape index (κ1) is 11.7. The summed E-state index contributed by atoms with van der Waals surface area (Å²) in [6.07, 6.45) is 4.77. The Kier molecular flexibility index (Phi) is 3.34. The quantitative estimate of drug-likeness (QED) is 0.750. The average Bonchev–Trinajstić information content (AvgIpc) is 2.18. The predicted molar refractivity (Wildman–Crippen MR) is 66.2 cm³/mol. The van der Waals surface area contributed by atoms with Gasteiger partial charge in [-0.25, -0.2) is 0 Å². The lowest BCUT2D eigenvalue weighted by Crippen LogP contribution is -2.51. The maximum Gasteiger partial charge on any atom is 0.0701 e. The van der Waals surface area contributed by atoms with Crippen molar-refractivity contribution in [3.05, 3.63) is 0 Å². The van der Waals surface area contributed by atoms with Crippen molar-refractivity contribution in [3.8, 4) is 0 Å². The summed E-state index contributed by atoms with van der Waals surface area (Å²) in [5.41, 5.74) is 6.38. The third kappa shape index (κ3) is 2.69. The molecule has 2 saturated heterocycles. The minimum absolute atomic E-state index is 0.0403. The minimum atomic E-state index is -0.0403. The normalized spacial score (nSPS) is 31.8. The number of thioether (sulfide) groups is 1. The van der Waals surface area contributed by atoms with Gasteiger partial charge in [-0.3, -0.25) is 0 Å². The molecule has 2 rings (SSSR count). The van der Waals surface area contributed by atoms with Crippen LogP contribution >= 0.6 is 11.8 Å². The third-order valence-corrected chi connectivity index (χ3v) is 4.93. The Morgan fingerprint density at radius 3 is 2.60 bits per heavy atom. The Morgan fingerprint density at radius 2 is 2.00 bits per heavy atom. The largest absolute Gasteiger partial charge is 0.375 e. The van der Waals surface area contributed by atoms with Crippen molar-refractivity contribution >= 4 is 11.8 Å². The van der Waals surface area contributed by atoms with Gasteiger partial charge in [-0.1, -0.05) is 0 Å². The van der Waals surface area contributed by atoms with E-state index in [0.29, 0.717) is 5.92 Å². The summed E-state index contributed by atoms with van der Waals surface area (Å²) in [6.45, 7) is 5.23. The maximum absolute atomic E-state index is 6.24. The van der Waals surface area contributed by atoms with Crippen LogP contribution in [0.3, 0.4) is 0 Å². The molecule has 2 nitrogen and oxygen atoms in total. The molecule has 0 aromatic heterocycles. The minimum Gasteiger partial charge on any atom is -0.375 e. The summed E-state index contributed by atoms with van der Waals surface area (Å²) in [5, 5.41) is 0. The highest BCUT2D eigenvalue weighted by Gasteiger charge is 2.42. The topological polar surface area (TPSA) is 35.2 Å². The molecule has 0 saturated carbocycles. The molecule has 0 aliphatic carbocycles. The van der Waals surface area contributed by atoms with Crippen LogP contribution in [0, 0.1) is 5.92 Å². The van der Waals surface area contributed by atoms with E-state index >= 15 is 0 Å². The molecule has 2 heterocycles. The third-order valence-electron chi connectivity index (χ3n) is 3.95. The molecule has 1 spiro atoms. The van der Waals surface area contributed by atoms with Crippen LogP contribution in [-0.2, 0) is 4.74 Å². The molecule has 1 atom stereocenters. The zero-order valence-corrected chi connectivity index (χ0v) is 10.7. The number of hydrogen-bond donors (Lipinski definition) is 1. The van der Waals surface area contributed by atoms with E-state index in [9.17, 15) is 0 Å². The lowest BCUT2D eigenvalue weighted by atomic mass is 9.74. The number of hydrogen-bond acceptors (Lipinski definition) is 3. The van der Waals surface area contributed by atoms with Crippen molar-refractivity contribution in [1.82, 2.24) is 0 Å². The second-order valence-corrected chi connectivity index (χ2v) is 6.88. The van der Waals surface area contributed by atoms with E-state index in [1.807, 2.05) is 0 Å². The van der Waals surface area contributed by atoms with E-state index < -0.39 is 0 Å². The molecular formula is C12H23NOS. The molecule has 2 aliphatic rings. The molecule has 2 fully saturated rings. The molecule has 1 unspecified atom stereocenters. The molecule has 2 N–H and O–H groups in total. The van der Waals surface area contributed by atoms with E-state index in [-0.39, 0.29) is 11.1 Å². The molecule has 0 bridgehead atoms. The van der Waals surface area contributed by atoms with Gasteiger partial charge in [0.2, 0.25) is 0 Å². The molecule has 0 amide bonds. The summed E-state index contributed by atoms with van der Waals surface area (Å²) >= 11 is 2.06. The second-order valence-electron chi connectivity index (χ2n) is 5.65. The van der Waals surface area contributed by atoms with Gasteiger partial charge in [0, 0.05) is 12.1 Å². The Labute approximate surface area is 97.3 Å². The van der Waals surface area contributed by atoms with Crippen LogP contribution in [0.4, 0.5) is 0 Å². The van der Waals surface area contributed by atoms with Gasteiger partial charge in [0.05, 0.1) is 5.60 Å². The molecule has 0 aromatic rings. The molecule has 0 radical (unpaired) electrons. The Hall–Kier alpha value is 0.270. The fourth-order valence-electron chi connectivity index (χ4n) is 2.75. The van der Waals surface area contributed by atoms with Crippen molar-refractivity contribution in [2.24, 2.45) is 11.7 Å². The van der Waals surface area contributed by atoms with Crippen LogP contribution in [0.25, 0.3) is 0 Å². The van der Waals surface area contributed by atoms with Crippen LogP contribution in [0.15, 0.2) is 0 Å². The summed E-state index contributed by atoms with van der Waals surface area (Å²) in [7, 11) is 0. The molecule has 3 heteroatoms. The average molecular weight is 229 g/mol. The number of rotatable bonds is 1.